The van der Waals surface area contributed by atoms with Gasteiger partial charge in [0.15, 0.2) is 5.16 Å². The minimum atomic E-state index is -0.0556. The maximum absolute atomic E-state index is 12.3. The van der Waals surface area contributed by atoms with E-state index in [-0.39, 0.29) is 11.7 Å². The van der Waals surface area contributed by atoms with E-state index in [1.807, 2.05) is 61.7 Å². The van der Waals surface area contributed by atoms with E-state index >= 15 is 0 Å². The van der Waals surface area contributed by atoms with Crippen molar-refractivity contribution in [2.75, 3.05) is 11.1 Å². The second-order valence-electron chi connectivity index (χ2n) is 6.66. The molecule has 146 valence electrons. The lowest BCUT2D eigenvalue weighted by Crippen LogP contribution is -2.15. The van der Waals surface area contributed by atoms with Crippen molar-refractivity contribution in [2.45, 2.75) is 38.9 Å². The van der Waals surface area contributed by atoms with Gasteiger partial charge in [0.05, 0.1) is 5.75 Å². The largest absolute Gasteiger partial charge is 0.325 e. The van der Waals surface area contributed by atoms with E-state index in [2.05, 4.69) is 21.6 Å². The summed E-state index contributed by atoms with van der Waals surface area (Å²) in [5.74, 6) is 1.11. The number of carbonyl (C=O) groups excluding carboxylic acids is 1. The molecular formula is C21H23ClN4OS. The van der Waals surface area contributed by atoms with Crippen LogP contribution >= 0.6 is 23.4 Å². The maximum Gasteiger partial charge on any atom is 0.234 e. The first kappa shape index (κ1) is 20.4. The number of anilines is 1. The van der Waals surface area contributed by atoms with E-state index in [1.165, 1.54) is 11.8 Å². The SMILES string of the molecule is CCn1c(Cc2ccc(Cl)cc2)nnc1SCC(=O)Nc1cc(C)cc(C)c1. The zero-order chi connectivity index (χ0) is 20.1. The average Bonchev–Trinajstić information content (AvgIpc) is 3.02. The molecule has 0 atom stereocenters. The Kier molecular flexibility index (Phi) is 6.75. The highest BCUT2D eigenvalue weighted by Crippen LogP contribution is 2.20. The molecule has 5 nitrogen and oxygen atoms in total. The highest BCUT2D eigenvalue weighted by molar-refractivity contribution is 7.99. The summed E-state index contributed by atoms with van der Waals surface area (Å²) in [5, 5.41) is 13.0. The van der Waals surface area contributed by atoms with Crippen molar-refractivity contribution < 1.29 is 4.79 Å². The highest BCUT2D eigenvalue weighted by atomic mass is 35.5. The van der Waals surface area contributed by atoms with Gasteiger partial charge in [-0.1, -0.05) is 41.6 Å². The summed E-state index contributed by atoms with van der Waals surface area (Å²) in [7, 11) is 0. The van der Waals surface area contributed by atoms with Crippen molar-refractivity contribution in [3.8, 4) is 0 Å². The molecule has 0 bridgehead atoms. The second-order valence-corrected chi connectivity index (χ2v) is 8.04. The van der Waals surface area contributed by atoms with Crippen LogP contribution in [0.2, 0.25) is 5.02 Å². The fourth-order valence-electron chi connectivity index (χ4n) is 3.03. The second kappa shape index (κ2) is 9.26. The molecule has 3 rings (SSSR count). The number of hydrogen-bond donors (Lipinski definition) is 1. The van der Waals surface area contributed by atoms with Crippen LogP contribution < -0.4 is 5.32 Å². The zero-order valence-electron chi connectivity index (χ0n) is 16.2. The summed E-state index contributed by atoms with van der Waals surface area (Å²) in [6.07, 6.45) is 0.674. The fourth-order valence-corrected chi connectivity index (χ4v) is 3.98. The van der Waals surface area contributed by atoms with Gasteiger partial charge in [-0.2, -0.15) is 0 Å². The number of halogens is 1. The highest BCUT2D eigenvalue weighted by Gasteiger charge is 2.14. The summed E-state index contributed by atoms with van der Waals surface area (Å²) in [5.41, 5.74) is 4.19. The number of carbonyl (C=O) groups is 1. The number of rotatable bonds is 7. The number of thioether (sulfide) groups is 1. The van der Waals surface area contributed by atoms with Gasteiger partial charge in [-0.3, -0.25) is 4.79 Å². The Labute approximate surface area is 174 Å². The first-order valence-electron chi connectivity index (χ1n) is 9.12. The first-order valence-corrected chi connectivity index (χ1v) is 10.5. The van der Waals surface area contributed by atoms with Crippen molar-refractivity contribution in [1.82, 2.24) is 14.8 Å². The average molecular weight is 415 g/mol. The predicted molar refractivity (Wildman–Crippen MR) is 115 cm³/mol. The molecule has 1 amide bonds. The summed E-state index contributed by atoms with van der Waals surface area (Å²) < 4.78 is 2.05. The molecule has 0 aliphatic carbocycles. The van der Waals surface area contributed by atoms with Crippen LogP contribution in [0.3, 0.4) is 0 Å². The van der Waals surface area contributed by atoms with Crippen molar-refractivity contribution in [3.05, 3.63) is 70.0 Å². The third-order valence-electron chi connectivity index (χ3n) is 4.22. The molecule has 7 heteroatoms. The number of benzene rings is 2. The monoisotopic (exact) mass is 414 g/mol. The molecule has 0 saturated heterocycles. The number of nitrogens with zero attached hydrogens (tertiary/aromatic N) is 3. The number of aromatic nitrogens is 3. The predicted octanol–water partition coefficient (Wildman–Crippen LogP) is 4.89. The maximum atomic E-state index is 12.3. The van der Waals surface area contributed by atoms with Gasteiger partial charge in [0.1, 0.15) is 5.82 Å². The minimum absolute atomic E-state index is 0.0556. The topological polar surface area (TPSA) is 59.8 Å². The van der Waals surface area contributed by atoms with Crippen molar-refractivity contribution in [2.24, 2.45) is 0 Å². The van der Waals surface area contributed by atoms with Crippen LogP contribution in [0.4, 0.5) is 5.69 Å². The Morgan fingerprint density at radius 2 is 1.79 bits per heavy atom. The molecule has 1 N–H and O–H groups in total. The van der Waals surface area contributed by atoms with E-state index in [0.29, 0.717) is 11.4 Å². The van der Waals surface area contributed by atoms with Crippen LogP contribution in [0.25, 0.3) is 0 Å². The van der Waals surface area contributed by atoms with E-state index in [4.69, 9.17) is 11.6 Å². The van der Waals surface area contributed by atoms with Gasteiger partial charge >= 0.3 is 0 Å². The molecule has 0 aliphatic heterocycles. The molecule has 2 aromatic carbocycles. The van der Waals surface area contributed by atoms with Gasteiger partial charge < -0.3 is 9.88 Å². The van der Waals surface area contributed by atoms with Crippen LogP contribution in [0.1, 0.15) is 29.4 Å². The molecule has 0 aliphatic rings. The van der Waals surface area contributed by atoms with Crippen LogP contribution in [0, 0.1) is 13.8 Å². The quantitative estimate of drug-likeness (QED) is 0.559. The molecule has 3 aromatic rings. The Balaban J connectivity index is 1.63. The third kappa shape index (κ3) is 5.36. The van der Waals surface area contributed by atoms with Crippen molar-refractivity contribution in [1.29, 1.82) is 0 Å². The van der Waals surface area contributed by atoms with Gasteiger partial charge in [-0.05, 0) is 61.7 Å². The molecule has 1 aromatic heterocycles. The van der Waals surface area contributed by atoms with Crippen LogP contribution in [0.15, 0.2) is 47.6 Å². The fraction of sp³-hybridized carbons (Fsp3) is 0.286. The molecule has 0 spiro atoms. The number of nitrogens with one attached hydrogen (secondary N) is 1. The zero-order valence-corrected chi connectivity index (χ0v) is 17.8. The van der Waals surface area contributed by atoms with Crippen LogP contribution in [0.5, 0.6) is 0 Å². The number of aryl methyl sites for hydroxylation is 2. The standard InChI is InChI=1S/C21H23ClN4OS/c1-4-26-19(12-16-5-7-17(22)8-6-16)24-25-21(26)28-13-20(27)23-18-10-14(2)9-15(3)11-18/h5-11H,4,12-13H2,1-3H3,(H,23,27). The van der Waals surface area contributed by atoms with Gasteiger partial charge in [0.2, 0.25) is 5.91 Å². The van der Waals surface area contributed by atoms with E-state index in [1.54, 1.807) is 0 Å². The van der Waals surface area contributed by atoms with Crippen molar-refractivity contribution >= 4 is 35.0 Å². The molecule has 0 unspecified atom stereocenters. The van der Waals surface area contributed by atoms with Gasteiger partial charge in [-0.25, -0.2) is 0 Å². The lowest BCUT2D eigenvalue weighted by Gasteiger charge is -2.09. The molecule has 0 radical (unpaired) electrons. The molecule has 0 saturated carbocycles. The lowest BCUT2D eigenvalue weighted by molar-refractivity contribution is -0.113. The smallest absolute Gasteiger partial charge is 0.234 e. The lowest BCUT2D eigenvalue weighted by atomic mass is 10.1. The Hall–Kier alpha value is -2.31. The summed E-state index contributed by atoms with van der Waals surface area (Å²) >= 11 is 7.35. The summed E-state index contributed by atoms with van der Waals surface area (Å²) in [4.78, 5) is 12.3. The van der Waals surface area contributed by atoms with Gasteiger partial charge in [0, 0.05) is 23.7 Å². The number of amides is 1. The molecule has 1 heterocycles. The Morgan fingerprint density at radius 1 is 1.11 bits per heavy atom. The molecular weight excluding hydrogens is 392 g/mol. The van der Waals surface area contributed by atoms with E-state index < -0.39 is 0 Å². The third-order valence-corrected chi connectivity index (χ3v) is 5.44. The van der Waals surface area contributed by atoms with Gasteiger partial charge in [-0.15, -0.1) is 10.2 Å². The van der Waals surface area contributed by atoms with Crippen molar-refractivity contribution in [3.63, 3.8) is 0 Å². The van der Waals surface area contributed by atoms with E-state index in [9.17, 15) is 4.79 Å². The summed E-state index contributed by atoms with van der Waals surface area (Å²) in [6, 6.07) is 13.7. The summed E-state index contributed by atoms with van der Waals surface area (Å²) in [6.45, 7) is 6.83. The Morgan fingerprint density at radius 3 is 2.43 bits per heavy atom. The minimum Gasteiger partial charge on any atom is -0.325 e. The van der Waals surface area contributed by atoms with Crippen LogP contribution in [-0.2, 0) is 17.8 Å². The van der Waals surface area contributed by atoms with Crippen LogP contribution in [-0.4, -0.2) is 26.4 Å². The molecule has 28 heavy (non-hydrogen) atoms. The number of hydrogen-bond acceptors (Lipinski definition) is 4. The molecule has 0 fully saturated rings. The normalized spacial score (nSPS) is 10.9. The Bertz CT molecular complexity index is 949. The first-order chi connectivity index (χ1) is 13.4. The van der Waals surface area contributed by atoms with E-state index in [0.717, 1.165) is 39.9 Å². The van der Waals surface area contributed by atoms with Gasteiger partial charge in [0.25, 0.3) is 0 Å².